The molecular weight excluding hydrogens is 351 g/mol. The largest absolute Gasteiger partial charge is 0.356 e. The molecule has 0 unspecified atom stereocenters. The average molecular weight is 363 g/mol. The lowest BCUT2D eigenvalue weighted by Crippen LogP contribution is -2.33. The van der Waals surface area contributed by atoms with E-state index >= 15 is 0 Å². The van der Waals surface area contributed by atoms with Crippen LogP contribution in [-0.2, 0) is 0 Å². The topological polar surface area (TPSA) is 89.9 Å². The fourth-order valence-electron chi connectivity index (χ4n) is 2.12. The molecule has 2 N–H and O–H groups in total. The second-order valence-electron chi connectivity index (χ2n) is 4.85. The zero-order valence-corrected chi connectivity index (χ0v) is 14.0. The number of benzene rings is 1. The standard InChI is InChI=1S/C15H12Cl2N6O/c1-9-20-14(23(18)13-4-2-3-7-19-13)21-15(24)22(9)10-5-6-11(16)12(17)8-10/h2-8H,18H2,1H3. The molecule has 0 fully saturated rings. The van der Waals surface area contributed by atoms with E-state index in [0.717, 1.165) is 5.01 Å². The molecule has 0 amide bonds. The van der Waals surface area contributed by atoms with Gasteiger partial charge in [0.1, 0.15) is 11.6 Å². The molecule has 0 spiro atoms. The lowest BCUT2D eigenvalue weighted by atomic mass is 10.3. The van der Waals surface area contributed by atoms with Crippen molar-refractivity contribution in [1.82, 2.24) is 19.5 Å². The number of hydrazine groups is 1. The highest BCUT2D eigenvalue weighted by Crippen LogP contribution is 2.24. The van der Waals surface area contributed by atoms with E-state index in [-0.39, 0.29) is 5.95 Å². The minimum Gasteiger partial charge on any atom is -0.248 e. The van der Waals surface area contributed by atoms with Crippen LogP contribution in [0.5, 0.6) is 0 Å². The summed E-state index contributed by atoms with van der Waals surface area (Å²) in [5, 5.41) is 1.87. The molecule has 122 valence electrons. The Labute approximate surface area is 147 Å². The third-order valence-electron chi connectivity index (χ3n) is 3.25. The summed E-state index contributed by atoms with van der Waals surface area (Å²) in [5.74, 6) is 6.81. The lowest BCUT2D eigenvalue weighted by Gasteiger charge is -2.17. The van der Waals surface area contributed by atoms with Gasteiger partial charge in [0.15, 0.2) is 0 Å². The molecule has 0 aliphatic heterocycles. The summed E-state index contributed by atoms with van der Waals surface area (Å²) in [6, 6.07) is 10.0. The summed E-state index contributed by atoms with van der Waals surface area (Å²) in [5.41, 5.74) is -0.0258. The third kappa shape index (κ3) is 3.09. The Morgan fingerprint density at radius 1 is 1.12 bits per heavy atom. The van der Waals surface area contributed by atoms with E-state index in [2.05, 4.69) is 15.0 Å². The summed E-state index contributed by atoms with van der Waals surface area (Å²) in [7, 11) is 0. The molecule has 1 aromatic carbocycles. The fourth-order valence-corrected chi connectivity index (χ4v) is 2.41. The van der Waals surface area contributed by atoms with Gasteiger partial charge in [0.2, 0.25) is 0 Å². The minimum atomic E-state index is -0.540. The minimum absolute atomic E-state index is 0.0486. The number of pyridine rings is 1. The zero-order chi connectivity index (χ0) is 17.3. The summed E-state index contributed by atoms with van der Waals surface area (Å²) in [4.78, 5) is 24.7. The molecule has 0 saturated heterocycles. The first-order valence-electron chi connectivity index (χ1n) is 6.86. The van der Waals surface area contributed by atoms with Gasteiger partial charge in [-0.15, -0.1) is 0 Å². The van der Waals surface area contributed by atoms with E-state index in [4.69, 9.17) is 29.0 Å². The molecule has 3 rings (SSSR count). The number of hydrogen-bond acceptors (Lipinski definition) is 6. The van der Waals surface area contributed by atoms with Crippen LogP contribution in [0.15, 0.2) is 47.4 Å². The van der Waals surface area contributed by atoms with Crippen LogP contribution in [0.3, 0.4) is 0 Å². The van der Waals surface area contributed by atoms with Gasteiger partial charge in [-0.3, -0.25) is 0 Å². The molecule has 7 nitrogen and oxygen atoms in total. The first-order valence-corrected chi connectivity index (χ1v) is 7.62. The monoisotopic (exact) mass is 362 g/mol. The first kappa shape index (κ1) is 16.4. The number of nitrogens with zero attached hydrogens (tertiary/aromatic N) is 5. The normalized spacial score (nSPS) is 10.7. The van der Waals surface area contributed by atoms with Crippen molar-refractivity contribution >= 4 is 35.0 Å². The number of nitrogens with two attached hydrogens (primary N) is 1. The van der Waals surface area contributed by atoms with Crippen LogP contribution < -0.4 is 16.5 Å². The third-order valence-corrected chi connectivity index (χ3v) is 3.98. The van der Waals surface area contributed by atoms with Crippen molar-refractivity contribution < 1.29 is 0 Å². The van der Waals surface area contributed by atoms with Gasteiger partial charge in [-0.05, 0) is 37.3 Å². The summed E-state index contributed by atoms with van der Waals surface area (Å²) < 4.78 is 1.32. The zero-order valence-electron chi connectivity index (χ0n) is 12.5. The Hall–Kier alpha value is -2.48. The van der Waals surface area contributed by atoms with Gasteiger partial charge in [-0.1, -0.05) is 29.3 Å². The summed E-state index contributed by atoms with van der Waals surface area (Å²) in [6.45, 7) is 1.67. The van der Waals surface area contributed by atoms with Crippen LogP contribution in [0.2, 0.25) is 10.0 Å². The van der Waals surface area contributed by atoms with Crippen LogP contribution >= 0.6 is 23.2 Å². The predicted octanol–water partition coefficient (Wildman–Crippen LogP) is 2.65. The summed E-state index contributed by atoms with van der Waals surface area (Å²) >= 11 is 11.9. The van der Waals surface area contributed by atoms with Crippen molar-refractivity contribution in [3.05, 3.63) is 68.9 Å². The Morgan fingerprint density at radius 3 is 2.54 bits per heavy atom. The van der Waals surface area contributed by atoms with Crippen molar-refractivity contribution in [2.24, 2.45) is 5.84 Å². The van der Waals surface area contributed by atoms with Gasteiger partial charge in [-0.25, -0.2) is 25.2 Å². The molecule has 0 saturated carbocycles. The maximum Gasteiger partial charge on any atom is 0.356 e. The van der Waals surface area contributed by atoms with Crippen molar-refractivity contribution in [2.45, 2.75) is 6.92 Å². The van der Waals surface area contributed by atoms with E-state index in [0.29, 0.717) is 27.4 Å². The molecule has 24 heavy (non-hydrogen) atoms. The molecule has 0 aliphatic carbocycles. The molecule has 0 atom stereocenters. The highest BCUT2D eigenvalue weighted by Gasteiger charge is 2.15. The second kappa shape index (κ2) is 6.56. The van der Waals surface area contributed by atoms with Crippen LogP contribution in [0.25, 0.3) is 5.69 Å². The van der Waals surface area contributed by atoms with E-state index in [1.807, 2.05) is 0 Å². The van der Waals surface area contributed by atoms with E-state index < -0.39 is 5.69 Å². The van der Waals surface area contributed by atoms with Gasteiger partial charge in [-0.2, -0.15) is 9.97 Å². The van der Waals surface area contributed by atoms with Crippen LogP contribution in [-0.4, -0.2) is 19.5 Å². The van der Waals surface area contributed by atoms with E-state index in [9.17, 15) is 4.79 Å². The highest BCUT2D eigenvalue weighted by molar-refractivity contribution is 6.42. The van der Waals surface area contributed by atoms with E-state index in [1.165, 1.54) is 4.57 Å². The van der Waals surface area contributed by atoms with Gasteiger partial charge in [0.25, 0.3) is 5.95 Å². The number of anilines is 2. The van der Waals surface area contributed by atoms with E-state index in [1.54, 1.807) is 49.5 Å². The van der Waals surface area contributed by atoms with Gasteiger partial charge in [0.05, 0.1) is 15.7 Å². The maximum absolute atomic E-state index is 12.4. The van der Waals surface area contributed by atoms with Crippen LogP contribution in [0.1, 0.15) is 5.82 Å². The lowest BCUT2D eigenvalue weighted by molar-refractivity contribution is 0.788. The summed E-state index contributed by atoms with van der Waals surface area (Å²) in [6.07, 6.45) is 1.58. The Bertz CT molecular complexity index is 944. The average Bonchev–Trinajstić information content (AvgIpc) is 2.57. The fraction of sp³-hybridized carbons (Fsp3) is 0.0667. The predicted molar refractivity (Wildman–Crippen MR) is 92.9 cm³/mol. The van der Waals surface area contributed by atoms with Crippen molar-refractivity contribution in [3.63, 3.8) is 0 Å². The SMILES string of the molecule is Cc1nc(N(N)c2ccccn2)nc(=O)n1-c1ccc(Cl)c(Cl)c1. The molecule has 2 heterocycles. The van der Waals surface area contributed by atoms with Crippen molar-refractivity contribution in [3.8, 4) is 5.69 Å². The van der Waals surface area contributed by atoms with Crippen molar-refractivity contribution in [1.29, 1.82) is 0 Å². The number of hydrogen-bond donors (Lipinski definition) is 1. The van der Waals surface area contributed by atoms with Gasteiger partial charge >= 0.3 is 5.69 Å². The number of rotatable bonds is 3. The molecule has 0 aliphatic rings. The van der Waals surface area contributed by atoms with Gasteiger partial charge in [0, 0.05) is 6.20 Å². The Kier molecular flexibility index (Phi) is 4.48. The quantitative estimate of drug-likeness (QED) is 0.568. The van der Waals surface area contributed by atoms with Crippen LogP contribution in [0.4, 0.5) is 11.8 Å². The molecule has 3 aromatic rings. The first-order chi connectivity index (χ1) is 11.5. The second-order valence-corrected chi connectivity index (χ2v) is 5.66. The molecule has 2 aromatic heterocycles. The Morgan fingerprint density at radius 2 is 1.92 bits per heavy atom. The molecule has 0 bridgehead atoms. The molecular formula is C15H12Cl2N6O. The Balaban J connectivity index is 2.06. The van der Waals surface area contributed by atoms with Crippen molar-refractivity contribution in [2.75, 3.05) is 5.01 Å². The molecule has 9 heteroatoms. The smallest absolute Gasteiger partial charge is 0.248 e. The van der Waals surface area contributed by atoms with Gasteiger partial charge < -0.3 is 0 Å². The number of aromatic nitrogens is 4. The van der Waals surface area contributed by atoms with Crippen LogP contribution in [0, 0.1) is 6.92 Å². The molecule has 0 radical (unpaired) electrons. The highest BCUT2D eigenvalue weighted by atomic mass is 35.5. The number of halogens is 2. The maximum atomic E-state index is 12.4. The number of aryl methyl sites for hydroxylation is 1.